The molecule has 0 spiro atoms. The minimum atomic E-state index is -0.181. The fraction of sp³-hybridized carbons (Fsp3) is 0.375. The Bertz CT molecular complexity index is 1110. The summed E-state index contributed by atoms with van der Waals surface area (Å²) in [6, 6.07) is 6.87. The Morgan fingerprint density at radius 2 is 1.29 bits per heavy atom. The van der Waals surface area contributed by atoms with Crippen molar-refractivity contribution in [2.24, 2.45) is 15.0 Å². The zero-order valence-corrected chi connectivity index (χ0v) is 20.2. The molecule has 0 aromatic heterocycles. The molecular formula is C24H28Cl2N6O2. The highest BCUT2D eigenvalue weighted by Gasteiger charge is 2.28. The van der Waals surface area contributed by atoms with Crippen LogP contribution in [0, 0.1) is 0 Å². The van der Waals surface area contributed by atoms with E-state index in [1.165, 1.54) is 0 Å². The standard InChI is InChI=1S/C24H28Cl2N6O2/c25-19-9-16-13-28-3-1-27-2-4-29-15-18-11-20(26)12-21(23(18)34)24-31-6-8-32(24)7-5-30-14-17(10-19)22(16)33/h9-15,24,27,31,33-34H,1-8H2. The van der Waals surface area contributed by atoms with Gasteiger partial charge < -0.3 is 15.5 Å². The van der Waals surface area contributed by atoms with Gasteiger partial charge in [-0.3, -0.25) is 25.2 Å². The molecule has 4 rings (SSSR count). The van der Waals surface area contributed by atoms with E-state index in [9.17, 15) is 10.2 Å². The Morgan fingerprint density at radius 3 is 1.94 bits per heavy atom. The highest BCUT2D eigenvalue weighted by Crippen LogP contribution is 2.34. The second kappa shape index (κ2) is 11.8. The number of fused-ring (bicyclic) bond motifs is 6. The van der Waals surface area contributed by atoms with Crippen molar-refractivity contribution in [3.8, 4) is 11.5 Å². The second-order valence-electron chi connectivity index (χ2n) is 8.11. The lowest BCUT2D eigenvalue weighted by molar-refractivity contribution is 0.247. The summed E-state index contributed by atoms with van der Waals surface area (Å²) in [4.78, 5) is 15.5. The van der Waals surface area contributed by atoms with Gasteiger partial charge in [-0.05, 0) is 24.3 Å². The Hall–Kier alpha value is -2.49. The van der Waals surface area contributed by atoms with Crippen LogP contribution in [0.5, 0.6) is 11.5 Å². The number of aromatic hydroxyl groups is 2. The van der Waals surface area contributed by atoms with Crippen LogP contribution in [0.3, 0.4) is 0 Å². The summed E-state index contributed by atoms with van der Waals surface area (Å²) in [5.74, 6) is 0.271. The maximum Gasteiger partial charge on any atom is 0.133 e. The largest absolute Gasteiger partial charge is 0.507 e. The molecule has 0 aliphatic carbocycles. The van der Waals surface area contributed by atoms with E-state index >= 15 is 0 Å². The average molecular weight is 503 g/mol. The number of halogens is 2. The predicted molar refractivity (Wildman–Crippen MR) is 139 cm³/mol. The van der Waals surface area contributed by atoms with E-state index in [0.29, 0.717) is 71.6 Å². The lowest BCUT2D eigenvalue weighted by atomic mass is 10.1. The number of nitrogens with zero attached hydrogens (tertiary/aromatic N) is 4. The molecule has 1 fully saturated rings. The molecule has 180 valence electrons. The predicted octanol–water partition coefficient (Wildman–Crippen LogP) is 2.87. The second-order valence-corrected chi connectivity index (χ2v) is 8.99. The number of rotatable bonds is 0. The number of aliphatic imine (C=N–C) groups is 3. The van der Waals surface area contributed by atoms with Crippen LogP contribution < -0.4 is 10.6 Å². The van der Waals surface area contributed by atoms with Crippen LogP contribution in [-0.4, -0.2) is 86.1 Å². The molecule has 0 amide bonds. The van der Waals surface area contributed by atoms with E-state index in [-0.39, 0.29) is 17.7 Å². The molecule has 4 bridgehead atoms. The van der Waals surface area contributed by atoms with Gasteiger partial charge in [-0.25, -0.2) is 0 Å². The van der Waals surface area contributed by atoms with Crippen molar-refractivity contribution in [2.45, 2.75) is 6.17 Å². The van der Waals surface area contributed by atoms with Crippen LogP contribution >= 0.6 is 23.2 Å². The summed E-state index contributed by atoms with van der Waals surface area (Å²) in [5.41, 5.74) is 2.41. The highest BCUT2D eigenvalue weighted by molar-refractivity contribution is 6.31. The molecule has 2 aromatic carbocycles. The SMILES string of the molecule is Oc1c2cc(Cl)cc1C=NCCN1CCNC1c1cc(Cl)cc(c1O)C=NCCNCCN=C2. The number of hydrogen-bond acceptors (Lipinski definition) is 8. The van der Waals surface area contributed by atoms with Gasteiger partial charge in [0.1, 0.15) is 11.5 Å². The molecule has 8 nitrogen and oxygen atoms in total. The van der Waals surface area contributed by atoms with Gasteiger partial charge in [0.15, 0.2) is 0 Å². The zero-order chi connectivity index (χ0) is 23.9. The van der Waals surface area contributed by atoms with Crippen LogP contribution in [-0.2, 0) is 0 Å². The summed E-state index contributed by atoms with van der Waals surface area (Å²) in [6.45, 7) is 5.19. The Labute approximate surface area is 209 Å². The van der Waals surface area contributed by atoms with E-state index in [2.05, 4.69) is 30.5 Å². The first-order chi connectivity index (χ1) is 16.5. The Morgan fingerprint density at radius 1 is 0.735 bits per heavy atom. The van der Waals surface area contributed by atoms with Gasteiger partial charge in [-0.1, -0.05) is 23.2 Å². The van der Waals surface area contributed by atoms with Gasteiger partial charge in [0.25, 0.3) is 0 Å². The molecule has 4 N–H and O–H groups in total. The third kappa shape index (κ3) is 6.14. The first-order valence-corrected chi connectivity index (χ1v) is 12.0. The maximum atomic E-state index is 10.9. The molecule has 34 heavy (non-hydrogen) atoms. The van der Waals surface area contributed by atoms with Crippen molar-refractivity contribution >= 4 is 41.8 Å². The monoisotopic (exact) mass is 502 g/mol. The molecule has 2 aromatic rings. The molecular weight excluding hydrogens is 475 g/mol. The molecule has 1 saturated heterocycles. The van der Waals surface area contributed by atoms with Crippen molar-refractivity contribution < 1.29 is 10.2 Å². The molecule has 2 aliphatic rings. The first-order valence-electron chi connectivity index (χ1n) is 11.3. The number of phenolic OH excluding ortho intramolecular Hbond substituents is 2. The zero-order valence-electron chi connectivity index (χ0n) is 18.7. The first kappa shape index (κ1) is 24.6. The summed E-state index contributed by atoms with van der Waals surface area (Å²) < 4.78 is 0. The van der Waals surface area contributed by atoms with E-state index < -0.39 is 0 Å². The molecule has 1 unspecified atom stereocenters. The topological polar surface area (TPSA) is 105 Å². The number of hydrogen-bond donors (Lipinski definition) is 4. The van der Waals surface area contributed by atoms with Crippen molar-refractivity contribution in [3.63, 3.8) is 0 Å². The molecule has 1 atom stereocenters. The number of nitrogens with one attached hydrogen (secondary N) is 2. The van der Waals surface area contributed by atoms with Crippen LogP contribution in [0.4, 0.5) is 0 Å². The van der Waals surface area contributed by atoms with E-state index in [4.69, 9.17) is 23.2 Å². The maximum absolute atomic E-state index is 10.9. The lowest BCUT2D eigenvalue weighted by Gasteiger charge is -2.25. The summed E-state index contributed by atoms with van der Waals surface area (Å²) >= 11 is 12.6. The summed E-state index contributed by atoms with van der Waals surface area (Å²) in [7, 11) is 0. The molecule has 0 radical (unpaired) electrons. The lowest BCUT2D eigenvalue weighted by Crippen LogP contribution is -2.30. The van der Waals surface area contributed by atoms with Crippen molar-refractivity contribution in [1.29, 1.82) is 0 Å². The van der Waals surface area contributed by atoms with Crippen molar-refractivity contribution in [1.82, 2.24) is 15.5 Å². The van der Waals surface area contributed by atoms with Crippen LogP contribution in [0.25, 0.3) is 0 Å². The van der Waals surface area contributed by atoms with Gasteiger partial charge in [0.05, 0.1) is 25.8 Å². The Kier molecular flexibility index (Phi) is 8.53. The Balaban J connectivity index is 1.60. The third-order valence-electron chi connectivity index (χ3n) is 5.71. The average Bonchev–Trinajstić information content (AvgIpc) is 3.27. The van der Waals surface area contributed by atoms with Crippen molar-refractivity contribution in [3.05, 3.63) is 56.6 Å². The number of phenols is 2. The van der Waals surface area contributed by atoms with E-state index in [1.807, 2.05) is 0 Å². The van der Waals surface area contributed by atoms with E-state index in [0.717, 1.165) is 13.1 Å². The highest BCUT2D eigenvalue weighted by atomic mass is 35.5. The van der Waals surface area contributed by atoms with Crippen LogP contribution in [0.1, 0.15) is 28.4 Å². The van der Waals surface area contributed by atoms with Gasteiger partial charge in [0, 0.05) is 83.7 Å². The smallest absolute Gasteiger partial charge is 0.133 e. The van der Waals surface area contributed by atoms with Gasteiger partial charge >= 0.3 is 0 Å². The minimum Gasteiger partial charge on any atom is -0.507 e. The van der Waals surface area contributed by atoms with Gasteiger partial charge in [0.2, 0.25) is 0 Å². The van der Waals surface area contributed by atoms with Crippen LogP contribution in [0.15, 0.2) is 39.2 Å². The van der Waals surface area contributed by atoms with Crippen LogP contribution in [0.2, 0.25) is 10.0 Å². The van der Waals surface area contributed by atoms with E-state index in [1.54, 1.807) is 42.9 Å². The number of benzene rings is 2. The fourth-order valence-corrected chi connectivity index (χ4v) is 4.50. The fourth-order valence-electron chi connectivity index (χ4n) is 4.03. The third-order valence-corrected chi connectivity index (χ3v) is 6.14. The van der Waals surface area contributed by atoms with Crippen molar-refractivity contribution in [2.75, 3.05) is 52.4 Å². The molecule has 0 saturated carbocycles. The quantitative estimate of drug-likeness (QED) is 0.443. The van der Waals surface area contributed by atoms with Gasteiger partial charge in [-0.2, -0.15) is 0 Å². The normalized spacial score (nSPS) is 20.1. The minimum absolute atomic E-state index is 0.0992. The molecule has 2 heterocycles. The summed E-state index contributed by atoms with van der Waals surface area (Å²) in [5, 5.41) is 29.3. The van der Waals surface area contributed by atoms with Gasteiger partial charge in [-0.15, -0.1) is 0 Å². The summed E-state index contributed by atoms with van der Waals surface area (Å²) in [6.07, 6.45) is 4.74. The molecule has 10 heteroatoms. The molecule has 2 aliphatic heterocycles.